The van der Waals surface area contributed by atoms with Gasteiger partial charge >= 0.3 is 0 Å². The average molecular weight is 469 g/mol. The lowest BCUT2D eigenvalue weighted by Gasteiger charge is -2.04. The number of thiazole rings is 1. The lowest BCUT2D eigenvalue weighted by molar-refractivity contribution is 0.105. The predicted octanol–water partition coefficient (Wildman–Crippen LogP) is 4.32. The maximum atomic E-state index is 13.5. The molecule has 0 saturated carbocycles. The minimum absolute atomic E-state index is 0.0544. The Balaban J connectivity index is 2.02. The number of carbonyl (C=O) groups excluding carboxylic acids is 1. The third-order valence-corrected chi connectivity index (χ3v) is 6.95. The van der Waals surface area contributed by atoms with Gasteiger partial charge in [-0.25, -0.2) is 0 Å². The van der Waals surface area contributed by atoms with Gasteiger partial charge in [-0.3, -0.25) is 14.2 Å². The maximum absolute atomic E-state index is 13.5. The van der Waals surface area contributed by atoms with Gasteiger partial charge in [-0.05, 0) is 49.1 Å². The zero-order valence-corrected chi connectivity index (χ0v) is 19.7. The summed E-state index contributed by atoms with van der Waals surface area (Å²) in [7, 11) is 0. The van der Waals surface area contributed by atoms with Crippen LogP contribution in [-0.2, 0) is 0 Å². The Hall–Kier alpha value is -3.66. The average Bonchev–Trinajstić information content (AvgIpc) is 3.16. The zero-order chi connectivity index (χ0) is 23.4. The van der Waals surface area contributed by atoms with Crippen LogP contribution in [0.5, 0.6) is 0 Å². The van der Waals surface area contributed by atoms with Crippen molar-refractivity contribution in [1.29, 1.82) is 5.26 Å². The molecule has 0 N–H and O–H groups in total. The topological polar surface area (TPSA) is 62.9 Å². The van der Waals surface area contributed by atoms with Crippen molar-refractivity contribution in [3.05, 3.63) is 115 Å². The van der Waals surface area contributed by atoms with Crippen LogP contribution in [0.1, 0.15) is 21.5 Å². The maximum Gasteiger partial charge on any atom is 0.273 e. The van der Waals surface area contributed by atoms with Gasteiger partial charge in [-0.1, -0.05) is 60.2 Å². The molecule has 4 aromatic rings. The molecular formula is C27H20N2O2S2. The number of hydrogen-bond acceptors (Lipinski definition) is 5. The van der Waals surface area contributed by atoms with Crippen LogP contribution in [0.2, 0.25) is 0 Å². The van der Waals surface area contributed by atoms with Crippen molar-refractivity contribution in [2.45, 2.75) is 11.8 Å². The number of rotatable bonds is 5. The van der Waals surface area contributed by atoms with Gasteiger partial charge < -0.3 is 0 Å². The Morgan fingerprint density at radius 3 is 2.27 bits per heavy atom. The van der Waals surface area contributed by atoms with E-state index in [0.29, 0.717) is 20.4 Å². The molecule has 1 aromatic heterocycles. The quantitative estimate of drug-likeness (QED) is 0.323. The largest absolute Gasteiger partial charge is 0.288 e. The van der Waals surface area contributed by atoms with Crippen LogP contribution < -0.4 is 14.8 Å². The number of hydrogen-bond donors (Lipinski definition) is 0. The molecule has 162 valence electrons. The van der Waals surface area contributed by atoms with Crippen LogP contribution in [-0.4, -0.2) is 16.6 Å². The van der Waals surface area contributed by atoms with E-state index in [4.69, 9.17) is 0 Å². The highest BCUT2D eigenvalue weighted by atomic mass is 32.2. The van der Waals surface area contributed by atoms with E-state index in [1.54, 1.807) is 42.1 Å². The number of nitrogens with zero attached hydrogens (tertiary/aromatic N) is 2. The standard InChI is InChI=1S/C27H20N2O2S2/c1-18-8-12-21(13-9-18)29-26(31)24(16-19-10-14-22(32-2)15-11-19)33-27(29)23(17-28)25(30)20-6-4-3-5-7-20/h3-16H,1-2H3/b24-16-,27-23+. The molecule has 0 saturated heterocycles. The van der Waals surface area contributed by atoms with E-state index in [1.165, 1.54) is 4.57 Å². The van der Waals surface area contributed by atoms with Gasteiger partial charge in [0.15, 0.2) is 0 Å². The van der Waals surface area contributed by atoms with E-state index in [9.17, 15) is 14.9 Å². The Morgan fingerprint density at radius 1 is 1.00 bits per heavy atom. The van der Waals surface area contributed by atoms with Crippen molar-refractivity contribution in [2.75, 3.05) is 6.26 Å². The van der Waals surface area contributed by atoms with Gasteiger partial charge in [0.2, 0.25) is 5.78 Å². The number of carbonyl (C=O) groups is 1. The Morgan fingerprint density at radius 2 is 1.67 bits per heavy atom. The molecule has 0 aliphatic carbocycles. The predicted molar refractivity (Wildman–Crippen MR) is 135 cm³/mol. The number of Topliss-reactive ketones (excluding diaryl/α,β-unsaturated/α-hetero) is 1. The fourth-order valence-corrected chi connectivity index (χ4v) is 4.87. The lowest BCUT2D eigenvalue weighted by atomic mass is 10.1. The minimum Gasteiger partial charge on any atom is -0.288 e. The van der Waals surface area contributed by atoms with E-state index in [0.717, 1.165) is 27.4 Å². The molecule has 1 heterocycles. The number of thioether (sulfide) groups is 1. The van der Waals surface area contributed by atoms with Crippen LogP contribution in [0, 0.1) is 18.3 Å². The third kappa shape index (κ3) is 4.75. The summed E-state index contributed by atoms with van der Waals surface area (Å²) in [5, 5.41) is 9.95. The van der Waals surface area contributed by atoms with Crippen molar-refractivity contribution in [1.82, 2.24) is 4.57 Å². The van der Waals surface area contributed by atoms with Crippen molar-refractivity contribution in [3.8, 4) is 11.8 Å². The summed E-state index contributed by atoms with van der Waals surface area (Å²) >= 11 is 2.80. The highest BCUT2D eigenvalue weighted by molar-refractivity contribution is 7.98. The lowest BCUT2D eigenvalue weighted by Crippen LogP contribution is -2.31. The first-order valence-electron chi connectivity index (χ1n) is 10.2. The highest BCUT2D eigenvalue weighted by Crippen LogP contribution is 2.15. The highest BCUT2D eigenvalue weighted by Gasteiger charge is 2.18. The summed E-state index contributed by atoms with van der Waals surface area (Å²) in [6.45, 7) is 1.96. The fraction of sp³-hybridized carbons (Fsp3) is 0.0741. The first-order chi connectivity index (χ1) is 16.0. The van der Waals surface area contributed by atoms with Crippen LogP contribution in [0.25, 0.3) is 17.3 Å². The third-order valence-electron chi connectivity index (χ3n) is 5.12. The van der Waals surface area contributed by atoms with Gasteiger partial charge in [-0.15, -0.1) is 23.1 Å². The monoisotopic (exact) mass is 468 g/mol. The van der Waals surface area contributed by atoms with Crippen molar-refractivity contribution < 1.29 is 4.79 Å². The molecule has 33 heavy (non-hydrogen) atoms. The van der Waals surface area contributed by atoms with Crippen molar-refractivity contribution >= 4 is 40.5 Å². The minimum atomic E-state index is -0.406. The summed E-state index contributed by atoms with van der Waals surface area (Å²) in [6.07, 6.45) is 3.81. The summed E-state index contributed by atoms with van der Waals surface area (Å²) in [6, 6.07) is 26.1. The molecule has 0 aliphatic rings. The molecule has 0 spiro atoms. The normalized spacial score (nSPS) is 12.3. The molecule has 6 heteroatoms. The van der Waals surface area contributed by atoms with Crippen LogP contribution in [0.3, 0.4) is 0 Å². The smallest absolute Gasteiger partial charge is 0.273 e. The van der Waals surface area contributed by atoms with E-state index in [1.807, 2.05) is 67.8 Å². The van der Waals surface area contributed by atoms with Crippen molar-refractivity contribution in [3.63, 3.8) is 0 Å². The summed E-state index contributed by atoms with van der Waals surface area (Å²) < 4.78 is 2.24. The molecule has 0 aliphatic heterocycles. The SMILES string of the molecule is CSc1ccc(/C=c2\s/c(=C(\C#N)C(=O)c3ccccc3)n(-c3ccc(C)cc3)c2=O)cc1. The molecule has 0 atom stereocenters. The van der Waals surface area contributed by atoms with Gasteiger partial charge in [0.25, 0.3) is 5.56 Å². The summed E-state index contributed by atoms with van der Waals surface area (Å²) in [5.41, 5.74) is 2.63. The molecule has 0 radical (unpaired) electrons. The van der Waals surface area contributed by atoms with Crippen LogP contribution in [0.4, 0.5) is 0 Å². The molecule has 0 fully saturated rings. The molecular weight excluding hydrogens is 448 g/mol. The molecule has 4 nitrogen and oxygen atoms in total. The van der Waals surface area contributed by atoms with Gasteiger partial charge in [0.05, 0.1) is 10.2 Å². The summed E-state index contributed by atoms with van der Waals surface area (Å²) in [5.74, 6) is -0.406. The van der Waals surface area contributed by atoms with Crippen molar-refractivity contribution in [2.24, 2.45) is 0 Å². The molecule has 3 aromatic carbocycles. The van der Waals surface area contributed by atoms with Crippen LogP contribution in [0.15, 0.2) is 88.6 Å². The number of aryl methyl sites for hydroxylation is 1. The zero-order valence-electron chi connectivity index (χ0n) is 18.1. The van der Waals surface area contributed by atoms with E-state index in [-0.39, 0.29) is 11.1 Å². The second kappa shape index (κ2) is 9.86. The molecule has 0 bridgehead atoms. The fourth-order valence-electron chi connectivity index (χ4n) is 3.36. The number of ketones is 1. The van der Waals surface area contributed by atoms with Crippen LogP contribution >= 0.6 is 23.1 Å². The van der Waals surface area contributed by atoms with E-state index in [2.05, 4.69) is 6.07 Å². The van der Waals surface area contributed by atoms with Gasteiger partial charge in [-0.2, -0.15) is 5.26 Å². The second-order valence-corrected chi connectivity index (χ2v) is 9.26. The molecule has 4 rings (SSSR count). The number of benzene rings is 3. The second-order valence-electron chi connectivity index (χ2n) is 7.35. The molecule has 0 amide bonds. The van der Waals surface area contributed by atoms with Gasteiger partial charge in [0.1, 0.15) is 16.3 Å². The summed E-state index contributed by atoms with van der Waals surface area (Å²) in [4.78, 5) is 27.8. The Labute approximate surface area is 199 Å². The van der Waals surface area contributed by atoms with E-state index < -0.39 is 5.78 Å². The first kappa shape index (κ1) is 22.5. The van der Waals surface area contributed by atoms with Gasteiger partial charge in [0, 0.05) is 10.5 Å². The van der Waals surface area contributed by atoms with E-state index >= 15 is 0 Å². The first-order valence-corrected chi connectivity index (χ1v) is 12.2. The molecule has 0 unspecified atom stereocenters. The Bertz CT molecular complexity index is 1520. The number of aromatic nitrogens is 1. The number of nitriles is 1. The Kier molecular flexibility index (Phi) is 6.74.